The summed E-state index contributed by atoms with van der Waals surface area (Å²) in [5.41, 5.74) is 2.93. The molecule has 1 aliphatic rings. The van der Waals surface area contributed by atoms with Crippen LogP contribution in [0.1, 0.15) is 21.5 Å². The molecule has 1 amide bonds. The molecule has 138 valence electrons. The van der Waals surface area contributed by atoms with E-state index in [1.54, 1.807) is 17.0 Å². The Kier molecular flexibility index (Phi) is 4.64. The third-order valence-corrected chi connectivity index (χ3v) is 4.48. The van der Waals surface area contributed by atoms with Gasteiger partial charge in [0.05, 0.1) is 17.8 Å². The van der Waals surface area contributed by atoms with Crippen molar-refractivity contribution in [2.75, 3.05) is 4.90 Å². The number of hydrogen-bond donors (Lipinski definition) is 1. The number of anilines is 1. The van der Waals surface area contributed by atoms with Gasteiger partial charge in [0.25, 0.3) is 5.91 Å². The van der Waals surface area contributed by atoms with Crippen LogP contribution in [0.25, 0.3) is 6.08 Å². The van der Waals surface area contributed by atoms with Crippen molar-refractivity contribution in [3.8, 4) is 11.5 Å². The van der Waals surface area contributed by atoms with E-state index in [-0.39, 0.29) is 5.91 Å². The molecule has 4 rings (SSSR count). The zero-order valence-electron chi connectivity index (χ0n) is 14.9. The first-order valence-corrected chi connectivity index (χ1v) is 8.79. The van der Waals surface area contributed by atoms with Gasteiger partial charge in [0.1, 0.15) is 5.75 Å². The summed E-state index contributed by atoms with van der Waals surface area (Å²) >= 11 is 0. The molecule has 5 nitrogen and oxygen atoms in total. The highest BCUT2D eigenvalue weighted by Crippen LogP contribution is 2.39. The SMILES string of the molecule is O=C(O)C=Cc1ccc(CN2C(=O)c3ccccc3Oc3ccccc32)cc1. The van der Waals surface area contributed by atoms with E-state index >= 15 is 0 Å². The van der Waals surface area contributed by atoms with Crippen molar-refractivity contribution in [3.63, 3.8) is 0 Å². The van der Waals surface area contributed by atoms with Crippen LogP contribution in [0.4, 0.5) is 5.69 Å². The third kappa shape index (κ3) is 3.50. The van der Waals surface area contributed by atoms with Gasteiger partial charge < -0.3 is 14.7 Å². The third-order valence-electron chi connectivity index (χ3n) is 4.48. The molecule has 0 aliphatic carbocycles. The summed E-state index contributed by atoms with van der Waals surface area (Å²) in [6, 6.07) is 22.1. The highest BCUT2D eigenvalue weighted by molar-refractivity contribution is 6.09. The van der Waals surface area contributed by atoms with E-state index in [0.29, 0.717) is 29.3 Å². The van der Waals surface area contributed by atoms with E-state index in [1.165, 1.54) is 6.08 Å². The number of ether oxygens (including phenoxy) is 1. The van der Waals surface area contributed by atoms with Crippen molar-refractivity contribution in [3.05, 3.63) is 95.6 Å². The summed E-state index contributed by atoms with van der Waals surface area (Å²) in [5, 5.41) is 8.73. The lowest BCUT2D eigenvalue weighted by molar-refractivity contribution is -0.131. The van der Waals surface area contributed by atoms with Gasteiger partial charge in [-0.05, 0) is 41.5 Å². The van der Waals surface area contributed by atoms with Gasteiger partial charge >= 0.3 is 5.97 Å². The Balaban J connectivity index is 1.68. The Hall–Kier alpha value is -3.86. The Morgan fingerprint density at radius 2 is 1.61 bits per heavy atom. The molecule has 5 heteroatoms. The molecule has 0 fully saturated rings. The highest BCUT2D eigenvalue weighted by Gasteiger charge is 2.27. The number of carbonyl (C=O) groups excluding carboxylic acids is 1. The fourth-order valence-electron chi connectivity index (χ4n) is 3.11. The van der Waals surface area contributed by atoms with Gasteiger partial charge in [0, 0.05) is 6.08 Å². The quantitative estimate of drug-likeness (QED) is 0.673. The molecule has 0 radical (unpaired) electrons. The van der Waals surface area contributed by atoms with Crippen molar-refractivity contribution >= 4 is 23.6 Å². The molecule has 1 heterocycles. The molecular formula is C23H17NO4. The van der Waals surface area contributed by atoms with Crippen LogP contribution in [-0.2, 0) is 11.3 Å². The second-order valence-corrected chi connectivity index (χ2v) is 6.37. The lowest BCUT2D eigenvalue weighted by Crippen LogP contribution is -2.29. The van der Waals surface area contributed by atoms with Gasteiger partial charge in [-0.3, -0.25) is 4.79 Å². The Bertz CT molecular complexity index is 1070. The number of para-hydroxylation sites is 3. The molecule has 3 aromatic carbocycles. The highest BCUT2D eigenvalue weighted by atomic mass is 16.5. The van der Waals surface area contributed by atoms with E-state index in [9.17, 15) is 9.59 Å². The molecule has 0 bridgehead atoms. The van der Waals surface area contributed by atoms with Crippen LogP contribution in [0, 0.1) is 0 Å². The summed E-state index contributed by atoms with van der Waals surface area (Å²) in [6.45, 7) is 0.371. The van der Waals surface area contributed by atoms with Crippen LogP contribution in [0.15, 0.2) is 78.9 Å². The minimum atomic E-state index is -0.991. The summed E-state index contributed by atoms with van der Waals surface area (Å²) in [5.74, 6) is 0.0447. The Morgan fingerprint density at radius 3 is 2.36 bits per heavy atom. The molecule has 0 unspecified atom stereocenters. The zero-order valence-corrected chi connectivity index (χ0v) is 14.9. The number of benzene rings is 3. The number of rotatable bonds is 4. The van der Waals surface area contributed by atoms with E-state index in [2.05, 4.69) is 0 Å². The minimum Gasteiger partial charge on any atom is -0.478 e. The number of aliphatic carboxylic acids is 1. The molecule has 1 N–H and O–H groups in total. The normalized spacial score (nSPS) is 12.9. The molecule has 0 spiro atoms. The van der Waals surface area contributed by atoms with Gasteiger partial charge in [-0.2, -0.15) is 0 Å². The standard InChI is InChI=1S/C23H17NO4/c25-22(26)14-13-16-9-11-17(12-10-16)15-24-19-6-2-4-8-21(19)28-20-7-3-1-5-18(20)23(24)27/h1-14H,15H2,(H,25,26). The van der Waals surface area contributed by atoms with Crippen LogP contribution in [0.2, 0.25) is 0 Å². The molecule has 0 aromatic heterocycles. The first-order valence-electron chi connectivity index (χ1n) is 8.79. The van der Waals surface area contributed by atoms with Crippen molar-refractivity contribution in [2.24, 2.45) is 0 Å². The van der Waals surface area contributed by atoms with Gasteiger partial charge in [0.2, 0.25) is 0 Å². The summed E-state index contributed by atoms with van der Waals surface area (Å²) < 4.78 is 5.99. The van der Waals surface area contributed by atoms with Gasteiger partial charge in [-0.1, -0.05) is 48.5 Å². The summed E-state index contributed by atoms with van der Waals surface area (Å²) in [4.78, 5) is 25.6. The van der Waals surface area contributed by atoms with E-state index in [4.69, 9.17) is 9.84 Å². The number of carboxylic acids is 1. The zero-order chi connectivity index (χ0) is 19.5. The minimum absolute atomic E-state index is 0.129. The first kappa shape index (κ1) is 17.5. The molecule has 1 aliphatic heterocycles. The smallest absolute Gasteiger partial charge is 0.328 e. The molecule has 0 saturated carbocycles. The number of carboxylic acid groups (broad SMARTS) is 1. The Morgan fingerprint density at radius 1 is 0.929 bits per heavy atom. The molecule has 0 atom stereocenters. The van der Waals surface area contributed by atoms with E-state index in [0.717, 1.165) is 17.2 Å². The molecule has 28 heavy (non-hydrogen) atoms. The lowest BCUT2D eigenvalue weighted by atomic mass is 10.1. The van der Waals surface area contributed by atoms with Crippen molar-refractivity contribution in [1.29, 1.82) is 0 Å². The molecule has 3 aromatic rings. The second kappa shape index (κ2) is 7.40. The van der Waals surface area contributed by atoms with Crippen molar-refractivity contribution < 1.29 is 19.4 Å². The van der Waals surface area contributed by atoms with Crippen LogP contribution < -0.4 is 9.64 Å². The number of carbonyl (C=O) groups is 2. The van der Waals surface area contributed by atoms with E-state index < -0.39 is 5.97 Å². The van der Waals surface area contributed by atoms with Crippen LogP contribution in [0.3, 0.4) is 0 Å². The number of nitrogens with zero attached hydrogens (tertiary/aromatic N) is 1. The fraction of sp³-hybridized carbons (Fsp3) is 0.0435. The van der Waals surface area contributed by atoms with Gasteiger partial charge in [-0.15, -0.1) is 0 Å². The topological polar surface area (TPSA) is 66.8 Å². The molecular weight excluding hydrogens is 354 g/mol. The van der Waals surface area contributed by atoms with Crippen LogP contribution in [0.5, 0.6) is 11.5 Å². The van der Waals surface area contributed by atoms with Crippen LogP contribution in [-0.4, -0.2) is 17.0 Å². The average Bonchev–Trinajstić information content (AvgIpc) is 2.83. The number of fused-ring (bicyclic) bond motifs is 2. The second-order valence-electron chi connectivity index (χ2n) is 6.37. The van der Waals surface area contributed by atoms with Gasteiger partial charge in [-0.25, -0.2) is 4.79 Å². The fourth-order valence-corrected chi connectivity index (χ4v) is 3.11. The van der Waals surface area contributed by atoms with Crippen LogP contribution >= 0.6 is 0 Å². The van der Waals surface area contributed by atoms with Gasteiger partial charge in [0.15, 0.2) is 5.75 Å². The average molecular weight is 371 g/mol. The van der Waals surface area contributed by atoms with Crippen molar-refractivity contribution in [1.82, 2.24) is 0 Å². The largest absolute Gasteiger partial charge is 0.478 e. The lowest BCUT2D eigenvalue weighted by Gasteiger charge is -2.22. The summed E-state index contributed by atoms with van der Waals surface area (Å²) in [6.07, 6.45) is 2.63. The number of hydrogen-bond acceptors (Lipinski definition) is 3. The first-order chi connectivity index (χ1) is 13.6. The number of amides is 1. The maximum Gasteiger partial charge on any atom is 0.328 e. The van der Waals surface area contributed by atoms with Crippen molar-refractivity contribution in [2.45, 2.75) is 6.54 Å². The van der Waals surface area contributed by atoms with E-state index in [1.807, 2.05) is 60.7 Å². The molecule has 0 saturated heterocycles. The monoisotopic (exact) mass is 371 g/mol. The predicted octanol–water partition coefficient (Wildman–Crippen LogP) is 4.74. The predicted molar refractivity (Wildman–Crippen MR) is 107 cm³/mol. The Labute approximate surface area is 162 Å². The summed E-state index contributed by atoms with van der Waals surface area (Å²) in [7, 11) is 0. The maximum atomic E-state index is 13.2. The maximum absolute atomic E-state index is 13.2.